The SMILES string of the molecule is CCCn1cc(S(=O)(=O)NC(CC)C(=O)O)nc1C. The molecule has 1 unspecified atom stereocenters. The minimum atomic E-state index is -3.90. The van der Waals surface area contributed by atoms with E-state index >= 15 is 0 Å². The molecule has 0 amide bonds. The maximum Gasteiger partial charge on any atom is 0.321 e. The standard InChI is InChI=1S/C11H19N3O4S/c1-4-6-14-7-10(12-8(14)3)19(17,18)13-9(5-2)11(15)16/h7,9,13H,4-6H2,1-3H3,(H,15,16). The summed E-state index contributed by atoms with van der Waals surface area (Å²) in [5, 5.41) is 8.73. The molecule has 8 heteroatoms. The molecule has 0 aliphatic carbocycles. The number of carboxylic acid groups (broad SMARTS) is 1. The van der Waals surface area contributed by atoms with Crippen LogP contribution in [0.3, 0.4) is 0 Å². The van der Waals surface area contributed by atoms with Crippen molar-refractivity contribution >= 4 is 16.0 Å². The number of nitrogens with zero attached hydrogens (tertiary/aromatic N) is 2. The summed E-state index contributed by atoms with van der Waals surface area (Å²) in [6.07, 6.45) is 2.45. The fourth-order valence-corrected chi connectivity index (χ4v) is 2.91. The van der Waals surface area contributed by atoms with Crippen molar-refractivity contribution in [3.8, 4) is 0 Å². The highest BCUT2D eigenvalue weighted by molar-refractivity contribution is 7.89. The second-order valence-corrected chi connectivity index (χ2v) is 5.90. The molecule has 0 aliphatic heterocycles. The normalized spacial score (nSPS) is 13.4. The molecule has 19 heavy (non-hydrogen) atoms. The van der Waals surface area contributed by atoms with Crippen LogP contribution in [-0.4, -0.2) is 35.1 Å². The van der Waals surface area contributed by atoms with Gasteiger partial charge >= 0.3 is 5.97 Å². The molecular weight excluding hydrogens is 270 g/mol. The number of rotatable bonds is 7. The smallest absolute Gasteiger partial charge is 0.321 e. The Labute approximate surface area is 112 Å². The molecule has 0 fully saturated rings. The van der Waals surface area contributed by atoms with Gasteiger partial charge in [-0.05, 0) is 19.8 Å². The lowest BCUT2D eigenvalue weighted by Crippen LogP contribution is -2.40. The molecule has 1 atom stereocenters. The minimum absolute atomic E-state index is 0.141. The van der Waals surface area contributed by atoms with E-state index in [9.17, 15) is 13.2 Å². The molecule has 0 saturated carbocycles. The number of aryl methyl sites for hydroxylation is 2. The molecule has 0 aliphatic rings. The zero-order valence-corrected chi connectivity index (χ0v) is 12.1. The van der Waals surface area contributed by atoms with E-state index in [4.69, 9.17) is 5.11 Å². The average Bonchev–Trinajstić information content (AvgIpc) is 2.69. The van der Waals surface area contributed by atoms with Crippen molar-refractivity contribution in [1.29, 1.82) is 0 Å². The van der Waals surface area contributed by atoms with E-state index in [1.54, 1.807) is 18.4 Å². The lowest BCUT2D eigenvalue weighted by atomic mass is 10.2. The van der Waals surface area contributed by atoms with E-state index in [1.807, 2.05) is 6.92 Å². The third-order valence-electron chi connectivity index (χ3n) is 2.70. The van der Waals surface area contributed by atoms with Crippen LogP contribution in [0.4, 0.5) is 0 Å². The summed E-state index contributed by atoms with van der Waals surface area (Å²) >= 11 is 0. The van der Waals surface area contributed by atoms with E-state index in [-0.39, 0.29) is 11.4 Å². The Morgan fingerprint density at radius 1 is 1.53 bits per heavy atom. The van der Waals surface area contributed by atoms with Crippen molar-refractivity contribution in [2.75, 3.05) is 0 Å². The van der Waals surface area contributed by atoms with Gasteiger partial charge < -0.3 is 9.67 Å². The maximum atomic E-state index is 12.0. The molecule has 0 spiro atoms. The molecule has 1 heterocycles. The van der Waals surface area contributed by atoms with Crippen molar-refractivity contribution in [3.05, 3.63) is 12.0 Å². The summed E-state index contributed by atoms with van der Waals surface area (Å²) in [5.74, 6) is -0.610. The minimum Gasteiger partial charge on any atom is -0.480 e. The summed E-state index contributed by atoms with van der Waals surface area (Å²) in [7, 11) is -3.90. The van der Waals surface area contributed by atoms with Gasteiger partial charge in [-0.3, -0.25) is 4.79 Å². The largest absolute Gasteiger partial charge is 0.480 e. The van der Waals surface area contributed by atoms with Crippen molar-refractivity contribution in [2.45, 2.75) is 51.2 Å². The highest BCUT2D eigenvalue weighted by Gasteiger charge is 2.26. The lowest BCUT2D eigenvalue weighted by molar-refractivity contribution is -0.139. The number of hydrogen-bond donors (Lipinski definition) is 2. The van der Waals surface area contributed by atoms with E-state index in [0.29, 0.717) is 12.4 Å². The second kappa shape index (κ2) is 6.16. The Hall–Kier alpha value is -1.41. The molecule has 0 radical (unpaired) electrons. The van der Waals surface area contributed by atoms with Crippen LogP contribution in [-0.2, 0) is 21.4 Å². The lowest BCUT2D eigenvalue weighted by Gasteiger charge is -2.10. The Morgan fingerprint density at radius 2 is 2.16 bits per heavy atom. The highest BCUT2D eigenvalue weighted by Crippen LogP contribution is 2.11. The van der Waals surface area contributed by atoms with Gasteiger partial charge in [0.05, 0.1) is 0 Å². The van der Waals surface area contributed by atoms with Gasteiger partial charge in [0.15, 0.2) is 5.03 Å². The molecule has 0 bridgehead atoms. The van der Waals surface area contributed by atoms with Crippen LogP contribution < -0.4 is 4.72 Å². The van der Waals surface area contributed by atoms with Gasteiger partial charge in [-0.1, -0.05) is 13.8 Å². The number of sulfonamides is 1. The molecule has 2 N–H and O–H groups in total. The van der Waals surface area contributed by atoms with Gasteiger partial charge in [0.25, 0.3) is 10.0 Å². The van der Waals surface area contributed by atoms with E-state index in [0.717, 1.165) is 6.42 Å². The van der Waals surface area contributed by atoms with Crippen LogP contribution in [0.1, 0.15) is 32.5 Å². The Morgan fingerprint density at radius 3 is 2.63 bits per heavy atom. The Balaban J connectivity index is 3.00. The summed E-state index contributed by atoms with van der Waals surface area (Å²) in [6.45, 7) is 5.96. The topological polar surface area (TPSA) is 101 Å². The Bertz CT molecular complexity index is 550. The first-order chi connectivity index (χ1) is 8.81. The van der Waals surface area contributed by atoms with Crippen molar-refractivity contribution in [2.24, 2.45) is 0 Å². The summed E-state index contributed by atoms with van der Waals surface area (Å²) in [6, 6.07) is -1.14. The number of carboxylic acids is 1. The number of aliphatic carboxylic acids is 1. The summed E-state index contributed by atoms with van der Waals surface area (Å²) < 4.78 is 27.9. The zero-order valence-electron chi connectivity index (χ0n) is 11.3. The fraction of sp³-hybridized carbons (Fsp3) is 0.636. The number of nitrogens with one attached hydrogen (secondary N) is 1. The predicted molar refractivity (Wildman–Crippen MR) is 69.3 cm³/mol. The third kappa shape index (κ3) is 3.77. The molecule has 7 nitrogen and oxygen atoms in total. The van der Waals surface area contributed by atoms with Crippen molar-refractivity contribution < 1.29 is 18.3 Å². The molecule has 1 rings (SSSR count). The predicted octanol–water partition coefficient (Wildman–Crippen LogP) is 0.743. The molecule has 1 aromatic heterocycles. The van der Waals surface area contributed by atoms with Crippen molar-refractivity contribution in [3.63, 3.8) is 0 Å². The summed E-state index contributed by atoms with van der Waals surface area (Å²) in [5.41, 5.74) is 0. The van der Waals surface area contributed by atoms with Crippen LogP contribution in [0.2, 0.25) is 0 Å². The van der Waals surface area contributed by atoms with Gasteiger partial charge in [0.1, 0.15) is 11.9 Å². The van der Waals surface area contributed by atoms with Gasteiger partial charge in [0.2, 0.25) is 0 Å². The third-order valence-corrected chi connectivity index (χ3v) is 4.04. The van der Waals surface area contributed by atoms with Gasteiger partial charge in [-0.25, -0.2) is 13.4 Å². The molecule has 1 aromatic rings. The monoisotopic (exact) mass is 289 g/mol. The van der Waals surface area contributed by atoms with Crippen molar-refractivity contribution in [1.82, 2.24) is 14.3 Å². The quantitative estimate of drug-likeness (QED) is 0.771. The molecular formula is C11H19N3O4S. The highest BCUT2D eigenvalue weighted by atomic mass is 32.2. The van der Waals surface area contributed by atoms with E-state index in [2.05, 4.69) is 9.71 Å². The molecule has 0 saturated heterocycles. The zero-order chi connectivity index (χ0) is 14.6. The first-order valence-electron chi connectivity index (χ1n) is 6.10. The summed E-state index contributed by atoms with van der Waals surface area (Å²) in [4.78, 5) is 14.8. The molecule has 0 aromatic carbocycles. The number of hydrogen-bond acceptors (Lipinski definition) is 4. The maximum absolute atomic E-state index is 12.0. The average molecular weight is 289 g/mol. The number of imidazole rings is 1. The van der Waals surface area contributed by atoms with Crippen LogP contribution >= 0.6 is 0 Å². The van der Waals surface area contributed by atoms with Crippen LogP contribution in [0.5, 0.6) is 0 Å². The van der Waals surface area contributed by atoms with Crippen LogP contribution in [0.25, 0.3) is 0 Å². The van der Waals surface area contributed by atoms with E-state index < -0.39 is 22.0 Å². The van der Waals surface area contributed by atoms with E-state index in [1.165, 1.54) is 6.20 Å². The van der Waals surface area contributed by atoms with Gasteiger partial charge in [-0.2, -0.15) is 4.72 Å². The van der Waals surface area contributed by atoms with Gasteiger partial charge in [-0.15, -0.1) is 0 Å². The van der Waals surface area contributed by atoms with Crippen LogP contribution in [0, 0.1) is 6.92 Å². The molecule has 108 valence electrons. The fourth-order valence-electron chi connectivity index (χ4n) is 1.63. The van der Waals surface area contributed by atoms with Crippen LogP contribution in [0.15, 0.2) is 11.2 Å². The Kier molecular flexibility index (Phi) is 5.07. The second-order valence-electron chi connectivity index (χ2n) is 4.24. The van der Waals surface area contributed by atoms with Gasteiger partial charge in [0, 0.05) is 12.7 Å². The number of carbonyl (C=O) groups is 1. The first kappa shape index (κ1) is 15.6. The first-order valence-corrected chi connectivity index (χ1v) is 7.59. The number of aromatic nitrogens is 2.